The Bertz CT molecular complexity index is 663. The lowest BCUT2D eigenvalue weighted by molar-refractivity contribution is 0.0932. The van der Waals surface area contributed by atoms with E-state index in [0.717, 1.165) is 38.7 Å². The van der Waals surface area contributed by atoms with Crippen molar-refractivity contribution in [3.8, 4) is 0 Å². The quantitative estimate of drug-likeness (QED) is 0.636. The minimum atomic E-state index is -3.50. The highest BCUT2D eigenvalue weighted by atomic mass is 32.2. The highest BCUT2D eigenvalue weighted by molar-refractivity contribution is 7.89. The van der Waals surface area contributed by atoms with E-state index in [1.807, 2.05) is 0 Å². The zero-order valence-corrected chi connectivity index (χ0v) is 16.0. The summed E-state index contributed by atoms with van der Waals surface area (Å²) in [5, 5.41) is 2.82. The van der Waals surface area contributed by atoms with E-state index < -0.39 is 10.0 Å². The fraction of sp³-hybridized carbons (Fsp3) is 0.706. The van der Waals surface area contributed by atoms with Gasteiger partial charge in [-0.3, -0.25) is 4.79 Å². The van der Waals surface area contributed by atoms with Crippen LogP contribution in [0.5, 0.6) is 0 Å². The number of nitrogens with zero attached hydrogens (tertiary/aromatic N) is 2. The van der Waals surface area contributed by atoms with Crippen LogP contribution in [0.3, 0.4) is 0 Å². The summed E-state index contributed by atoms with van der Waals surface area (Å²) in [6.07, 6.45) is 6.17. The number of unbranched alkanes of at least 4 members (excludes halogenated alkanes) is 1. The Morgan fingerprint density at radius 2 is 1.92 bits per heavy atom. The van der Waals surface area contributed by atoms with E-state index in [0.29, 0.717) is 31.9 Å². The van der Waals surface area contributed by atoms with Gasteiger partial charge in [-0.05, 0) is 31.7 Å². The molecule has 0 spiro atoms. The zero-order chi connectivity index (χ0) is 18.3. The predicted molar refractivity (Wildman–Crippen MR) is 96.1 cm³/mol. The van der Waals surface area contributed by atoms with Crippen LogP contribution in [-0.4, -0.2) is 56.0 Å². The number of carbonyl (C=O) groups is 1. The molecule has 1 amide bonds. The van der Waals surface area contributed by atoms with Crippen LogP contribution in [0.15, 0.2) is 17.2 Å². The van der Waals surface area contributed by atoms with Crippen molar-refractivity contribution in [3.63, 3.8) is 0 Å². The Morgan fingerprint density at radius 3 is 2.60 bits per heavy atom. The van der Waals surface area contributed by atoms with Crippen molar-refractivity contribution in [2.24, 2.45) is 7.05 Å². The molecule has 0 unspecified atom stereocenters. The fourth-order valence-corrected chi connectivity index (χ4v) is 4.38. The van der Waals surface area contributed by atoms with Gasteiger partial charge in [-0.2, -0.15) is 4.31 Å². The molecule has 1 fully saturated rings. The SMILES string of the molecule is CCCCOCCCNC(=O)c1cc(S(=O)(=O)N2CCCC2)cn1C. The number of hydrogen-bond acceptors (Lipinski definition) is 4. The van der Waals surface area contributed by atoms with Gasteiger partial charge in [0, 0.05) is 46.1 Å². The molecule has 1 aliphatic heterocycles. The first-order chi connectivity index (χ1) is 12.0. The molecule has 1 aromatic heterocycles. The van der Waals surface area contributed by atoms with Gasteiger partial charge >= 0.3 is 0 Å². The lowest BCUT2D eigenvalue weighted by atomic mass is 10.3. The summed E-state index contributed by atoms with van der Waals surface area (Å²) in [5.74, 6) is -0.265. The molecule has 142 valence electrons. The zero-order valence-electron chi connectivity index (χ0n) is 15.2. The number of aryl methyl sites for hydroxylation is 1. The van der Waals surface area contributed by atoms with Gasteiger partial charge in [0.15, 0.2) is 0 Å². The van der Waals surface area contributed by atoms with Gasteiger partial charge < -0.3 is 14.6 Å². The van der Waals surface area contributed by atoms with Crippen LogP contribution in [-0.2, 0) is 21.8 Å². The minimum Gasteiger partial charge on any atom is -0.381 e. The summed E-state index contributed by atoms with van der Waals surface area (Å²) >= 11 is 0. The van der Waals surface area contributed by atoms with Gasteiger partial charge in [0.05, 0.1) is 0 Å². The van der Waals surface area contributed by atoms with Crippen LogP contribution in [0.2, 0.25) is 0 Å². The Kier molecular flexibility index (Phi) is 7.46. The number of ether oxygens (including phenoxy) is 1. The van der Waals surface area contributed by atoms with Gasteiger partial charge in [-0.25, -0.2) is 8.42 Å². The van der Waals surface area contributed by atoms with Crippen molar-refractivity contribution >= 4 is 15.9 Å². The lowest BCUT2D eigenvalue weighted by Gasteiger charge is -2.13. The second kappa shape index (κ2) is 9.35. The number of amides is 1. The van der Waals surface area contributed by atoms with Gasteiger partial charge in [0.2, 0.25) is 10.0 Å². The summed E-state index contributed by atoms with van der Waals surface area (Å²) < 4.78 is 33.6. The molecule has 0 bridgehead atoms. The molecule has 1 aliphatic rings. The molecule has 1 N–H and O–H groups in total. The molecule has 1 aromatic rings. The van der Waals surface area contributed by atoms with Crippen LogP contribution in [0.25, 0.3) is 0 Å². The van der Waals surface area contributed by atoms with Crippen LogP contribution >= 0.6 is 0 Å². The Morgan fingerprint density at radius 1 is 1.24 bits per heavy atom. The molecular formula is C17H29N3O4S. The van der Waals surface area contributed by atoms with Crippen molar-refractivity contribution in [2.75, 3.05) is 32.8 Å². The van der Waals surface area contributed by atoms with Gasteiger partial charge in [-0.15, -0.1) is 0 Å². The number of carbonyl (C=O) groups excluding carboxylic acids is 1. The third kappa shape index (κ3) is 5.29. The molecule has 0 aliphatic carbocycles. The van der Waals surface area contributed by atoms with E-state index in [-0.39, 0.29) is 10.8 Å². The molecule has 2 rings (SSSR count). The third-order valence-electron chi connectivity index (χ3n) is 4.31. The monoisotopic (exact) mass is 371 g/mol. The topological polar surface area (TPSA) is 80.6 Å². The standard InChI is InChI=1S/C17H29N3O4S/c1-3-4-11-24-12-7-8-18-17(21)16-13-15(14-19(16)2)25(22,23)20-9-5-6-10-20/h13-14H,3-12H2,1-2H3,(H,18,21). The molecule has 1 saturated heterocycles. The number of aromatic nitrogens is 1. The minimum absolute atomic E-state index is 0.185. The first-order valence-electron chi connectivity index (χ1n) is 8.99. The van der Waals surface area contributed by atoms with Gasteiger partial charge in [0.1, 0.15) is 10.6 Å². The molecule has 8 heteroatoms. The largest absolute Gasteiger partial charge is 0.381 e. The average Bonchev–Trinajstić information content (AvgIpc) is 3.24. The number of nitrogens with one attached hydrogen (secondary N) is 1. The second-order valence-corrected chi connectivity index (χ2v) is 8.30. The first-order valence-corrected chi connectivity index (χ1v) is 10.4. The highest BCUT2D eigenvalue weighted by Gasteiger charge is 2.29. The maximum Gasteiger partial charge on any atom is 0.267 e. The Hall–Kier alpha value is -1.38. The van der Waals surface area contributed by atoms with Crippen LogP contribution < -0.4 is 5.32 Å². The van der Waals surface area contributed by atoms with E-state index in [1.165, 1.54) is 16.6 Å². The number of rotatable bonds is 10. The lowest BCUT2D eigenvalue weighted by Crippen LogP contribution is -2.28. The summed E-state index contributed by atoms with van der Waals surface area (Å²) in [5.41, 5.74) is 0.352. The molecule has 2 heterocycles. The van der Waals surface area contributed by atoms with E-state index in [1.54, 1.807) is 11.6 Å². The molecular weight excluding hydrogens is 342 g/mol. The van der Waals surface area contributed by atoms with Gasteiger partial charge in [0.25, 0.3) is 5.91 Å². The smallest absolute Gasteiger partial charge is 0.267 e. The summed E-state index contributed by atoms with van der Waals surface area (Å²) in [7, 11) is -1.81. The number of sulfonamides is 1. The molecule has 0 radical (unpaired) electrons. The average molecular weight is 372 g/mol. The van der Waals surface area contributed by atoms with E-state index in [2.05, 4.69) is 12.2 Å². The van der Waals surface area contributed by atoms with Crippen molar-refractivity contribution < 1.29 is 17.9 Å². The molecule has 0 saturated carbocycles. The van der Waals surface area contributed by atoms with Crippen molar-refractivity contribution in [1.29, 1.82) is 0 Å². The van der Waals surface area contributed by atoms with E-state index in [4.69, 9.17) is 4.74 Å². The van der Waals surface area contributed by atoms with Crippen molar-refractivity contribution in [1.82, 2.24) is 14.2 Å². The summed E-state index contributed by atoms with van der Waals surface area (Å²) in [6.45, 7) is 5.08. The molecule has 0 atom stereocenters. The van der Waals surface area contributed by atoms with E-state index in [9.17, 15) is 13.2 Å². The maximum absolute atomic E-state index is 12.6. The fourth-order valence-electron chi connectivity index (χ4n) is 2.79. The maximum atomic E-state index is 12.6. The summed E-state index contributed by atoms with van der Waals surface area (Å²) in [6, 6.07) is 1.46. The highest BCUT2D eigenvalue weighted by Crippen LogP contribution is 2.22. The van der Waals surface area contributed by atoms with Crippen molar-refractivity contribution in [2.45, 2.75) is 43.9 Å². The number of hydrogen-bond donors (Lipinski definition) is 1. The molecule has 0 aromatic carbocycles. The van der Waals surface area contributed by atoms with Crippen LogP contribution in [0.4, 0.5) is 0 Å². The normalized spacial score (nSPS) is 15.6. The first kappa shape index (κ1) is 19.9. The molecule has 7 nitrogen and oxygen atoms in total. The second-order valence-electron chi connectivity index (χ2n) is 6.36. The van der Waals surface area contributed by atoms with Crippen LogP contribution in [0.1, 0.15) is 49.5 Å². The Labute approximate surface area is 150 Å². The van der Waals surface area contributed by atoms with E-state index >= 15 is 0 Å². The van der Waals surface area contributed by atoms with Gasteiger partial charge in [-0.1, -0.05) is 13.3 Å². The third-order valence-corrected chi connectivity index (χ3v) is 6.17. The summed E-state index contributed by atoms with van der Waals surface area (Å²) in [4.78, 5) is 12.5. The Balaban J connectivity index is 1.87. The van der Waals surface area contributed by atoms with Crippen LogP contribution in [0, 0.1) is 0 Å². The predicted octanol–water partition coefficient (Wildman–Crippen LogP) is 1.75. The molecule has 25 heavy (non-hydrogen) atoms. The van der Waals surface area contributed by atoms with Crippen molar-refractivity contribution in [3.05, 3.63) is 18.0 Å².